The maximum Gasteiger partial charge on any atom is 0.235 e. The molecular weight excluding hydrogens is 268 g/mol. The third kappa shape index (κ3) is 3.35. The van der Waals surface area contributed by atoms with E-state index in [9.17, 15) is 4.79 Å². The average molecular weight is 286 g/mol. The minimum absolute atomic E-state index is 0.120. The molecule has 1 aliphatic heterocycles. The summed E-state index contributed by atoms with van der Waals surface area (Å²) in [5, 5.41) is 8.01. The van der Waals surface area contributed by atoms with Crippen molar-refractivity contribution in [1.29, 1.82) is 0 Å². The van der Waals surface area contributed by atoms with Crippen molar-refractivity contribution in [2.24, 2.45) is 5.92 Å². The van der Waals surface area contributed by atoms with Crippen molar-refractivity contribution < 1.29 is 4.79 Å². The second-order valence-electron chi connectivity index (χ2n) is 4.67. The molecule has 0 aromatic carbocycles. The van der Waals surface area contributed by atoms with Gasteiger partial charge in [-0.05, 0) is 25.7 Å². The van der Waals surface area contributed by atoms with E-state index in [4.69, 9.17) is 5.73 Å². The van der Waals surface area contributed by atoms with Crippen LogP contribution in [-0.4, -0.2) is 39.3 Å². The lowest BCUT2D eigenvalue weighted by molar-refractivity contribution is -0.131. The van der Waals surface area contributed by atoms with E-state index in [1.807, 2.05) is 11.8 Å². The number of rotatable bonds is 3. The molecule has 0 aliphatic carbocycles. The van der Waals surface area contributed by atoms with Crippen LogP contribution >= 0.6 is 23.1 Å². The van der Waals surface area contributed by atoms with E-state index in [1.54, 1.807) is 0 Å². The Labute approximate surface area is 115 Å². The van der Waals surface area contributed by atoms with Crippen LogP contribution < -0.4 is 5.73 Å². The number of nitrogens with zero attached hydrogens (tertiary/aromatic N) is 3. The second-order valence-corrected chi connectivity index (χ2v) is 7.27. The Morgan fingerprint density at radius 2 is 2.17 bits per heavy atom. The molecule has 2 N–H and O–H groups in total. The summed E-state index contributed by atoms with van der Waals surface area (Å²) in [6, 6.07) is 0. The molecule has 0 saturated carbocycles. The van der Waals surface area contributed by atoms with Gasteiger partial charge in [-0.15, -0.1) is 10.2 Å². The fourth-order valence-corrected chi connectivity index (χ4v) is 3.82. The van der Waals surface area contributed by atoms with Gasteiger partial charge in [0.1, 0.15) is 0 Å². The maximum absolute atomic E-state index is 12.2. The molecule has 2 heterocycles. The number of aromatic nitrogens is 2. The first kappa shape index (κ1) is 13.6. The first-order valence-corrected chi connectivity index (χ1v) is 7.80. The van der Waals surface area contributed by atoms with Crippen LogP contribution in [0.25, 0.3) is 0 Å². The van der Waals surface area contributed by atoms with Gasteiger partial charge in [0.25, 0.3) is 0 Å². The molecule has 0 unspecified atom stereocenters. The second kappa shape index (κ2) is 5.88. The highest BCUT2D eigenvalue weighted by atomic mass is 32.2. The Balaban J connectivity index is 1.88. The predicted octanol–water partition coefficient (Wildman–Crippen LogP) is 1.86. The zero-order valence-corrected chi connectivity index (χ0v) is 12.3. The molecule has 1 atom stereocenters. The molecule has 0 spiro atoms. The average Bonchev–Trinajstić information content (AvgIpc) is 2.75. The Bertz CT molecular complexity index is 415. The number of thioether (sulfide) groups is 1. The summed E-state index contributed by atoms with van der Waals surface area (Å²) in [5.74, 6) is 0.931. The Hall–Kier alpha value is -0.820. The monoisotopic (exact) mass is 286 g/mol. The van der Waals surface area contributed by atoms with Gasteiger partial charge in [0.2, 0.25) is 11.0 Å². The molecule has 100 valence electrons. The van der Waals surface area contributed by atoms with Gasteiger partial charge in [-0.3, -0.25) is 4.79 Å². The number of hydrogen-bond donors (Lipinski definition) is 1. The summed E-state index contributed by atoms with van der Waals surface area (Å²) < 4.78 is 0.763. The molecule has 5 nitrogen and oxygen atoms in total. The highest BCUT2D eigenvalue weighted by molar-refractivity contribution is 8.02. The topological polar surface area (TPSA) is 72.1 Å². The smallest absolute Gasteiger partial charge is 0.235 e. The van der Waals surface area contributed by atoms with E-state index in [2.05, 4.69) is 17.1 Å². The molecule has 2 rings (SSSR count). The van der Waals surface area contributed by atoms with Gasteiger partial charge in [0, 0.05) is 13.1 Å². The molecule has 0 radical (unpaired) electrons. The lowest BCUT2D eigenvalue weighted by Crippen LogP contribution is -2.41. The summed E-state index contributed by atoms with van der Waals surface area (Å²) in [6.07, 6.45) is 2.21. The van der Waals surface area contributed by atoms with Gasteiger partial charge in [-0.25, -0.2) is 0 Å². The summed E-state index contributed by atoms with van der Waals surface area (Å²) in [5.41, 5.74) is 5.52. The van der Waals surface area contributed by atoms with Crippen LogP contribution in [0, 0.1) is 5.92 Å². The molecule has 1 aromatic rings. The normalized spacial score (nSPS) is 18.9. The third-order valence-electron chi connectivity index (χ3n) is 3.14. The predicted molar refractivity (Wildman–Crippen MR) is 74.6 cm³/mol. The van der Waals surface area contributed by atoms with Crippen LogP contribution in [0.4, 0.5) is 5.13 Å². The summed E-state index contributed by atoms with van der Waals surface area (Å²) in [7, 11) is 0. The first-order chi connectivity index (χ1) is 8.56. The van der Waals surface area contributed by atoms with E-state index in [1.165, 1.54) is 23.1 Å². The minimum atomic E-state index is -0.120. The number of carbonyl (C=O) groups excluding carboxylic acids is 1. The van der Waals surface area contributed by atoms with Crippen molar-refractivity contribution in [1.82, 2.24) is 15.1 Å². The summed E-state index contributed by atoms with van der Waals surface area (Å²) in [4.78, 5) is 14.2. The van der Waals surface area contributed by atoms with Crippen LogP contribution in [0.5, 0.6) is 0 Å². The zero-order chi connectivity index (χ0) is 13.1. The van der Waals surface area contributed by atoms with Gasteiger partial charge >= 0.3 is 0 Å². The van der Waals surface area contributed by atoms with Crippen molar-refractivity contribution in [3.63, 3.8) is 0 Å². The van der Waals surface area contributed by atoms with Crippen LogP contribution in [0.1, 0.15) is 26.7 Å². The van der Waals surface area contributed by atoms with E-state index >= 15 is 0 Å². The Morgan fingerprint density at radius 1 is 1.50 bits per heavy atom. The fraction of sp³-hybridized carbons (Fsp3) is 0.727. The lowest BCUT2D eigenvalue weighted by Gasteiger charge is -2.31. The number of amides is 1. The molecular formula is C11H18N4OS2. The Kier molecular flexibility index (Phi) is 4.45. The van der Waals surface area contributed by atoms with Crippen LogP contribution in [-0.2, 0) is 4.79 Å². The number of nitrogen functional groups attached to an aromatic ring is 1. The standard InChI is InChI=1S/C11H18N4OS2/c1-7-3-5-15(6-4-7)9(16)8(2)17-11-14-13-10(12)18-11/h7-8H,3-6H2,1-2H3,(H2,12,13)/t8-/m0/s1. The van der Waals surface area contributed by atoms with Gasteiger partial charge in [0.05, 0.1) is 5.25 Å². The highest BCUT2D eigenvalue weighted by Gasteiger charge is 2.25. The molecule has 0 bridgehead atoms. The molecule has 1 aliphatic rings. The number of likely N-dealkylation sites (tertiary alicyclic amines) is 1. The van der Waals surface area contributed by atoms with Crippen molar-refractivity contribution in [3.05, 3.63) is 0 Å². The minimum Gasteiger partial charge on any atom is -0.374 e. The zero-order valence-electron chi connectivity index (χ0n) is 10.6. The SMILES string of the molecule is CC1CCN(C(=O)[C@H](C)Sc2nnc(N)s2)CC1. The molecule has 1 saturated heterocycles. The van der Waals surface area contributed by atoms with Crippen molar-refractivity contribution in [2.75, 3.05) is 18.8 Å². The molecule has 1 amide bonds. The number of piperidine rings is 1. The van der Waals surface area contributed by atoms with Crippen molar-refractivity contribution in [2.45, 2.75) is 36.3 Å². The molecule has 1 fully saturated rings. The van der Waals surface area contributed by atoms with Crippen LogP contribution in [0.3, 0.4) is 0 Å². The highest BCUT2D eigenvalue weighted by Crippen LogP contribution is 2.29. The molecule has 18 heavy (non-hydrogen) atoms. The van der Waals surface area contributed by atoms with E-state index in [0.717, 1.165) is 36.2 Å². The Morgan fingerprint density at radius 3 is 2.72 bits per heavy atom. The van der Waals surface area contributed by atoms with Crippen LogP contribution in [0.15, 0.2) is 4.34 Å². The van der Waals surface area contributed by atoms with Gasteiger partial charge in [0.15, 0.2) is 4.34 Å². The van der Waals surface area contributed by atoms with Gasteiger partial charge < -0.3 is 10.6 Å². The third-order valence-corrected chi connectivity index (χ3v) is 5.07. The largest absolute Gasteiger partial charge is 0.374 e. The number of hydrogen-bond acceptors (Lipinski definition) is 6. The number of anilines is 1. The van der Waals surface area contributed by atoms with E-state index in [0.29, 0.717) is 5.13 Å². The van der Waals surface area contributed by atoms with E-state index in [-0.39, 0.29) is 11.2 Å². The lowest BCUT2D eigenvalue weighted by atomic mass is 9.99. The maximum atomic E-state index is 12.2. The van der Waals surface area contributed by atoms with Gasteiger partial charge in [-0.1, -0.05) is 30.0 Å². The molecule has 1 aromatic heterocycles. The van der Waals surface area contributed by atoms with Crippen LogP contribution in [0.2, 0.25) is 0 Å². The van der Waals surface area contributed by atoms with E-state index < -0.39 is 0 Å². The van der Waals surface area contributed by atoms with Crippen molar-refractivity contribution >= 4 is 34.1 Å². The quantitative estimate of drug-likeness (QED) is 0.859. The number of carbonyl (C=O) groups is 1. The summed E-state index contributed by atoms with van der Waals surface area (Å²) >= 11 is 2.77. The first-order valence-electron chi connectivity index (χ1n) is 6.10. The van der Waals surface area contributed by atoms with Gasteiger partial charge in [-0.2, -0.15) is 0 Å². The summed E-state index contributed by atoms with van der Waals surface area (Å²) in [6.45, 7) is 5.92. The fourth-order valence-electron chi connectivity index (χ4n) is 1.96. The van der Waals surface area contributed by atoms with Crippen molar-refractivity contribution in [3.8, 4) is 0 Å². The molecule has 7 heteroatoms. The number of nitrogens with two attached hydrogens (primary N) is 1.